The second kappa shape index (κ2) is 5.60. The van der Waals surface area contributed by atoms with E-state index in [4.69, 9.17) is 5.84 Å². The van der Waals surface area contributed by atoms with Gasteiger partial charge < -0.3 is 10.7 Å². The third kappa shape index (κ3) is 2.52. The first kappa shape index (κ1) is 13.1. The van der Waals surface area contributed by atoms with Crippen molar-refractivity contribution in [2.75, 3.05) is 5.43 Å². The molecule has 1 amide bonds. The fraction of sp³-hybridized carbons (Fsp3) is 0.286. The summed E-state index contributed by atoms with van der Waals surface area (Å²) in [6.07, 6.45) is 4.80. The molecule has 0 aromatic carbocycles. The largest absolute Gasteiger partial charge is 0.345 e. The SMILES string of the molecule is NNc1cc(C(=O)NC2CCCc3sccc32)ccn1. The van der Waals surface area contributed by atoms with Gasteiger partial charge in [-0.3, -0.25) is 4.79 Å². The van der Waals surface area contributed by atoms with Crippen molar-refractivity contribution in [3.8, 4) is 0 Å². The average Bonchev–Trinajstić information content (AvgIpc) is 2.97. The molecule has 0 spiro atoms. The van der Waals surface area contributed by atoms with E-state index in [1.807, 2.05) is 0 Å². The summed E-state index contributed by atoms with van der Waals surface area (Å²) in [7, 11) is 0. The lowest BCUT2D eigenvalue weighted by molar-refractivity contribution is 0.0933. The molecule has 1 aliphatic rings. The van der Waals surface area contributed by atoms with Crippen LogP contribution in [-0.2, 0) is 6.42 Å². The zero-order chi connectivity index (χ0) is 13.9. The highest BCUT2D eigenvalue weighted by Crippen LogP contribution is 2.33. The predicted octanol–water partition coefficient (Wildman–Crippen LogP) is 2.24. The van der Waals surface area contributed by atoms with E-state index in [2.05, 4.69) is 27.2 Å². The number of amides is 1. The number of hydrogen-bond donors (Lipinski definition) is 3. The minimum Gasteiger partial charge on any atom is -0.345 e. The van der Waals surface area contributed by atoms with Crippen LogP contribution in [0.15, 0.2) is 29.8 Å². The summed E-state index contributed by atoms with van der Waals surface area (Å²) < 4.78 is 0. The number of aryl methyl sites for hydroxylation is 1. The Kier molecular flexibility index (Phi) is 3.66. The number of nitrogens with two attached hydrogens (primary N) is 1. The molecule has 0 aliphatic heterocycles. The second-order valence-corrected chi connectivity index (χ2v) is 5.79. The van der Waals surface area contributed by atoms with Gasteiger partial charge in [-0.25, -0.2) is 10.8 Å². The predicted molar refractivity (Wildman–Crippen MR) is 79.5 cm³/mol. The molecule has 2 aromatic rings. The molecule has 3 rings (SSSR count). The summed E-state index contributed by atoms with van der Waals surface area (Å²) in [5.41, 5.74) is 4.28. The highest BCUT2D eigenvalue weighted by Gasteiger charge is 2.23. The monoisotopic (exact) mass is 288 g/mol. The molecule has 2 heterocycles. The van der Waals surface area contributed by atoms with Gasteiger partial charge in [0, 0.05) is 16.6 Å². The first-order chi connectivity index (χ1) is 9.78. The van der Waals surface area contributed by atoms with Crippen molar-refractivity contribution >= 4 is 23.1 Å². The van der Waals surface area contributed by atoms with Crippen molar-refractivity contribution in [1.29, 1.82) is 0 Å². The third-order valence-electron chi connectivity index (χ3n) is 3.53. The van der Waals surface area contributed by atoms with E-state index < -0.39 is 0 Å². The first-order valence-corrected chi connectivity index (χ1v) is 7.45. The van der Waals surface area contributed by atoms with E-state index in [0.717, 1.165) is 19.3 Å². The van der Waals surface area contributed by atoms with Crippen LogP contribution >= 0.6 is 11.3 Å². The molecule has 1 aliphatic carbocycles. The molecule has 2 aromatic heterocycles. The lowest BCUT2D eigenvalue weighted by Gasteiger charge is -2.23. The van der Waals surface area contributed by atoms with Crippen molar-refractivity contribution in [3.05, 3.63) is 45.8 Å². The number of hydrazine groups is 1. The van der Waals surface area contributed by atoms with Crippen molar-refractivity contribution in [2.45, 2.75) is 25.3 Å². The van der Waals surface area contributed by atoms with Crippen LogP contribution in [0.1, 0.15) is 39.7 Å². The number of aromatic nitrogens is 1. The van der Waals surface area contributed by atoms with E-state index in [9.17, 15) is 4.79 Å². The number of fused-ring (bicyclic) bond motifs is 1. The van der Waals surface area contributed by atoms with Crippen LogP contribution in [0.3, 0.4) is 0 Å². The number of anilines is 1. The molecule has 4 N–H and O–H groups in total. The van der Waals surface area contributed by atoms with Gasteiger partial charge in [0.15, 0.2) is 0 Å². The number of pyridine rings is 1. The molecule has 1 atom stereocenters. The van der Waals surface area contributed by atoms with Gasteiger partial charge in [0.1, 0.15) is 5.82 Å². The summed E-state index contributed by atoms with van der Waals surface area (Å²) in [5, 5.41) is 5.20. The van der Waals surface area contributed by atoms with Gasteiger partial charge in [0.2, 0.25) is 0 Å². The van der Waals surface area contributed by atoms with Crippen molar-refractivity contribution in [2.24, 2.45) is 5.84 Å². The summed E-state index contributed by atoms with van der Waals surface area (Å²) in [4.78, 5) is 17.7. The fourth-order valence-corrected chi connectivity index (χ4v) is 3.52. The number of nitrogens with one attached hydrogen (secondary N) is 2. The molecule has 0 fully saturated rings. The number of hydrogen-bond acceptors (Lipinski definition) is 5. The van der Waals surface area contributed by atoms with Crippen molar-refractivity contribution in [1.82, 2.24) is 10.3 Å². The third-order valence-corrected chi connectivity index (χ3v) is 4.52. The number of thiophene rings is 1. The Labute approximate surface area is 121 Å². The zero-order valence-electron chi connectivity index (χ0n) is 10.9. The van der Waals surface area contributed by atoms with Gasteiger partial charge in [0.05, 0.1) is 6.04 Å². The highest BCUT2D eigenvalue weighted by molar-refractivity contribution is 7.10. The minimum absolute atomic E-state index is 0.0899. The second-order valence-electron chi connectivity index (χ2n) is 4.79. The van der Waals surface area contributed by atoms with Crippen molar-refractivity contribution < 1.29 is 4.79 Å². The normalized spacial score (nSPS) is 17.4. The van der Waals surface area contributed by atoms with Crippen LogP contribution in [-0.4, -0.2) is 10.9 Å². The van der Waals surface area contributed by atoms with Gasteiger partial charge in [-0.1, -0.05) is 0 Å². The number of rotatable bonds is 3. The molecule has 1 unspecified atom stereocenters. The van der Waals surface area contributed by atoms with Crippen LogP contribution in [0.5, 0.6) is 0 Å². The molecule has 5 nitrogen and oxygen atoms in total. The topological polar surface area (TPSA) is 80.0 Å². The Hall–Kier alpha value is -1.92. The molecule has 0 saturated carbocycles. The Morgan fingerprint density at radius 1 is 1.45 bits per heavy atom. The maximum atomic E-state index is 12.3. The van der Waals surface area contributed by atoms with Gasteiger partial charge in [-0.2, -0.15) is 0 Å². The zero-order valence-corrected chi connectivity index (χ0v) is 11.7. The molecular formula is C14H16N4OS. The quantitative estimate of drug-likeness (QED) is 0.597. The lowest BCUT2D eigenvalue weighted by atomic mass is 9.94. The van der Waals surface area contributed by atoms with Gasteiger partial charge in [-0.15, -0.1) is 11.3 Å². The van der Waals surface area contributed by atoms with E-state index >= 15 is 0 Å². The standard InChI is InChI=1S/C14H16N4OS/c15-18-13-8-9(4-6-16-13)14(19)17-11-2-1-3-12-10(11)5-7-20-12/h4-8,11H,1-3,15H2,(H,16,18)(H,17,19). The average molecular weight is 288 g/mol. The number of nitrogens with zero attached hydrogens (tertiary/aromatic N) is 1. The number of carbonyl (C=O) groups excluding carboxylic acids is 1. The van der Waals surface area contributed by atoms with Gasteiger partial charge >= 0.3 is 0 Å². The molecule has 104 valence electrons. The van der Waals surface area contributed by atoms with Crippen LogP contribution in [0.2, 0.25) is 0 Å². The van der Waals surface area contributed by atoms with Gasteiger partial charge in [-0.05, 0) is 48.4 Å². The van der Waals surface area contributed by atoms with Crippen LogP contribution in [0.4, 0.5) is 5.82 Å². The molecule has 0 saturated heterocycles. The smallest absolute Gasteiger partial charge is 0.251 e. The van der Waals surface area contributed by atoms with E-state index in [0.29, 0.717) is 11.4 Å². The summed E-state index contributed by atoms with van der Waals surface area (Å²) in [6.45, 7) is 0. The van der Waals surface area contributed by atoms with Crippen LogP contribution < -0.4 is 16.6 Å². The minimum atomic E-state index is -0.0899. The fourth-order valence-electron chi connectivity index (χ4n) is 2.53. The van der Waals surface area contributed by atoms with E-state index in [1.165, 1.54) is 10.4 Å². The molecule has 0 bridgehead atoms. The Morgan fingerprint density at radius 3 is 3.20 bits per heavy atom. The Bertz CT molecular complexity index is 625. The molecular weight excluding hydrogens is 272 g/mol. The Balaban J connectivity index is 1.77. The number of nitrogen functional groups attached to an aromatic ring is 1. The first-order valence-electron chi connectivity index (χ1n) is 6.57. The van der Waals surface area contributed by atoms with Crippen molar-refractivity contribution in [3.63, 3.8) is 0 Å². The molecule has 0 radical (unpaired) electrons. The lowest BCUT2D eigenvalue weighted by Crippen LogP contribution is -2.30. The van der Waals surface area contributed by atoms with Gasteiger partial charge in [0.25, 0.3) is 5.91 Å². The number of carbonyl (C=O) groups is 1. The summed E-state index contributed by atoms with van der Waals surface area (Å²) >= 11 is 1.77. The van der Waals surface area contributed by atoms with E-state index in [-0.39, 0.29) is 11.9 Å². The summed E-state index contributed by atoms with van der Waals surface area (Å²) in [5.74, 6) is 5.70. The maximum Gasteiger partial charge on any atom is 0.251 e. The molecule has 6 heteroatoms. The van der Waals surface area contributed by atoms with E-state index in [1.54, 1.807) is 29.7 Å². The molecule has 20 heavy (non-hydrogen) atoms. The van der Waals surface area contributed by atoms with Crippen LogP contribution in [0, 0.1) is 0 Å². The van der Waals surface area contributed by atoms with Crippen LogP contribution in [0.25, 0.3) is 0 Å². The summed E-state index contributed by atoms with van der Waals surface area (Å²) in [6, 6.07) is 5.56. The maximum absolute atomic E-state index is 12.3. The Morgan fingerprint density at radius 2 is 2.35 bits per heavy atom. The highest BCUT2D eigenvalue weighted by atomic mass is 32.1.